The van der Waals surface area contributed by atoms with E-state index in [4.69, 9.17) is 4.74 Å². The fourth-order valence-electron chi connectivity index (χ4n) is 1.43. The van der Waals surface area contributed by atoms with Gasteiger partial charge < -0.3 is 4.74 Å². The Hall–Kier alpha value is -1.28. The zero-order valence-electron chi connectivity index (χ0n) is 10.8. The first-order valence-corrected chi connectivity index (χ1v) is 7.34. The molecule has 1 rings (SSSR count). The Balaban J connectivity index is 2.38. The normalized spacial score (nSPS) is 12.4. The number of alkyl halides is 3. The van der Waals surface area contributed by atoms with Gasteiger partial charge in [-0.05, 0) is 37.5 Å². The van der Waals surface area contributed by atoms with Gasteiger partial charge in [0, 0.05) is 0 Å². The maximum Gasteiger partial charge on any atom is 0.523 e. The van der Waals surface area contributed by atoms with Crippen molar-refractivity contribution in [3.63, 3.8) is 0 Å². The van der Waals surface area contributed by atoms with Crippen LogP contribution >= 0.6 is 0 Å². The zero-order valence-corrected chi connectivity index (χ0v) is 11.6. The third kappa shape index (κ3) is 5.01. The second kappa shape index (κ2) is 6.94. The van der Waals surface area contributed by atoms with Crippen molar-refractivity contribution in [2.24, 2.45) is 0 Å². The van der Waals surface area contributed by atoms with E-state index in [9.17, 15) is 21.6 Å². The minimum atomic E-state index is -5.49. The van der Waals surface area contributed by atoms with Gasteiger partial charge in [0.25, 0.3) is 0 Å². The molecule has 20 heavy (non-hydrogen) atoms. The monoisotopic (exact) mass is 312 g/mol. The molecule has 114 valence electrons. The largest absolute Gasteiger partial charge is 0.523 e. The number of rotatable bonds is 7. The molecule has 8 heteroatoms. The smallest absolute Gasteiger partial charge is 0.494 e. The van der Waals surface area contributed by atoms with Crippen LogP contribution in [-0.2, 0) is 20.7 Å². The third-order valence-electron chi connectivity index (χ3n) is 2.37. The van der Waals surface area contributed by atoms with Gasteiger partial charge in [-0.3, -0.25) is 4.18 Å². The molecule has 1 aromatic rings. The van der Waals surface area contributed by atoms with Crippen LogP contribution in [0.4, 0.5) is 13.2 Å². The molecule has 0 spiro atoms. The van der Waals surface area contributed by atoms with Crippen molar-refractivity contribution < 1.29 is 30.5 Å². The van der Waals surface area contributed by atoms with Crippen LogP contribution in [0, 0.1) is 0 Å². The Morgan fingerprint density at radius 2 is 1.75 bits per heavy atom. The van der Waals surface area contributed by atoms with E-state index in [2.05, 4.69) is 4.18 Å². The van der Waals surface area contributed by atoms with Gasteiger partial charge in [0.1, 0.15) is 5.75 Å². The molecule has 1 aromatic carbocycles. The fraction of sp³-hybridized carbons (Fsp3) is 0.500. The quantitative estimate of drug-likeness (QED) is 0.441. The second-order valence-corrected chi connectivity index (χ2v) is 5.51. The molecule has 0 aromatic heterocycles. The molecule has 0 fully saturated rings. The number of aryl methyl sites for hydroxylation is 1. The number of benzene rings is 1. The first-order chi connectivity index (χ1) is 9.26. The lowest BCUT2D eigenvalue weighted by atomic mass is 10.1. The number of hydrogen-bond acceptors (Lipinski definition) is 4. The molecular weight excluding hydrogens is 297 g/mol. The highest BCUT2D eigenvalue weighted by atomic mass is 32.2. The minimum Gasteiger partial charge on any atom is -0.494 e. The molecule has 0 aliphatic heterocycles. The van der Waals surface area contributed by atoms with Crippen molar-refractivity contribution in [1.29, 1.82) is 0 Å². The van der Waals surface area contributed by atoms with Crippen LogP contribution in [0.1, 0.15) is 18.9 Å². The highest BCUT2D eigenvalue weighted by Crippen LogP contribution is 2.24. The third-order valence-corrected chi connectivity index (χ3v) is 3.41. The zero-order chi connectivity index (χ0) is 15.2. The fourth-order valence-corrected chi connectivity index (χ4v) is 1.90. The van der Waals surface area contributed by atoms with Gasteiger partial charge >= 0.3 is 15.6 Å². The summed E-state index contributed by atoms with van der Waals surface area (Å²) in [5, 5.41) is 0. The Morgan fingerprint density at radius 1 is 1.15 bits per heavy atom. The maximum atomic E-state index is 12.0. The molecular formula is C12H15F3O4S. The summed E-state index contributed by atoms with van der Waals surface area (Å²) in [6.07, 6.45) is 0.586. The molecule has 4 nitrogen and oxygen atoms in total. The van der Waals surface area contributed by atoms with E-state index in [1.807, 2.05) is 6.92 Å². The summed E-state index contributed by atoms with van der Waals surface area (Å²) in [6.45, 7) is 1.89. The van der Waals surface area contributed by atoms with Crippen molar-refractivity contribution in [3.8, 4) is 5.75 Å². The van der Waals surface area contributed by atoms with Gasteiger partial charge in [0.2, 0.25) is 0 Å². The van der Waals surface area contributed by atoms with Gasteiger partial charge in [0.05, 0.1) is 13.2 Å². The lowest BCUT2D eigenvalue weighted by Crippen LogP contribution is -2.25. The summed E-state index contributed by atoms with van der Waals surface area (Å²) >= 11 is 0. The summed E-state index contributed by atoms with van der Waals surface area (Å²) in [5.74, 6) is 0.701. The molecule has 0 saturated heterocycles. The van der Waals surface area contributed by atoms with E-state index in [-0.39, 0.29) is 6.42 Å². The van der Waals surface area contributed by atoms with Crippen molar-refractivity contribution in [1.82, 2.24) is 0 Å². The standard InChI is InChI=1S/C12H15F3O4S/c1-2-18-11-7-5-10(6-8-11)4-3-9-19-20(16,17)12(13,14)15/h5-8H,2-4,9H2,1H3. The average molecular weight is 312 g/mol. The van der Waals surface area contributed by atoms with Gasteiger partial charge in [0.15, 0.2) is 0 Å². The van der Waals surface area contributed by atoms with E-state index >= 15 is 0 Å². The summed E-state index contributed by atoms with van der Waals surface area (Å²) in [7, 11) is -5.49. The van der Waals surface area contributed by atoms with Crippen molar-refractivity contribution >= 4 is 10.1 Å². The average Bonchev–Trinajstić information content (AvgIpc) is 2.35. The molecule has 0 amide bonds. The number of ether oxygens (including phenoxy) is 1. The Kier molecular flexibility index (Phi) is 5.82. The second-order valence-electron chi connectivity index (χ2n) is 3.90. The summed E-state index contributed by atoms with van der Waals surface area (Å²) in [6, 6.07) is 7.02. The summed E-state index contributed by atoms with van der Waals surface area (Å²) < 4.78 is 66.3. The molecule has 0 aliphatic rings. The SMILES string of the molecule is CCOc1ccc(CCCOS(=O)(=O)C(F)(F)F)cc1. The van der Waals surface area contributed by atoms with E-state index in [0.29, 0.717) is 18.8 Å². The van der Waals surface area contributed by atoms with E-state index in [1.54, 1.807) is 24.3 Å². The minimum absolute atomic E-state index is 0.170. The van der Waals surface area contributed by atoms with Crippen LogP contribution in [0.15, 0.2) is 24.3 Å². The summed E-state index contributed by atoms with van der Waals surface area (Å²) in [5.41, 5.74) is -4.51. The first kappa shape index (κ1) is 16.8. The van der Waals surface area contributed by atoms with Crippen molar-refractivity contribution in [2.75, 3.05) is 13.2 Å². The van der Waals surface area contributed by atoms with Crippen LogP contribution in [0.2, 0.25) is 0 Å². The Labute approximate surface area is 115 Å². The molecule has 0 aliphatic carbocycles. The topological polar surface area (TPSA) is 52.6 Å². The van der Waals surface area contributed by atoms with Crippen LogP contribution in [0.25, 0.3) is 0 Å². The molecule has 0 atom stereocenters. The highest BCUT2D eigenvalue weighted by Gasteiger charge is 2.47. The number of halogens is 3. The van der Waals surface area contributed by atoms with E-state index < -0.39 is 22.2 Å². The number of hydrogen-bond donors (Lipinski definition) is 0. The van der Waals surface area contributed by atoms with Gasteiger partial charge in [-0.15, -0.1) is 0 Å². The predicted molar refractivity (Wildman–Crippen MR) is 66.9 cm³/mol. The lowest BCUT2D eigenvalue weighted by molar-refractivity contribution is -0.0542. The molecule has 0 N–H and O–H groups in total. The Morgan fingerprint density at radius 3 is 2.25 bits per heavy atom. The molecule has 0 heterocycles. The highest BCUT2D eigenvalue weighted by molar-refractivity contribution is 7.87. The van der Waals surface area contributed by atoms with Gasteiger partial charge in [-0.25, -0.2) is 0 Å². The molecule has 0 saturated carbocycles. The maximum absolute atomic E-state index is 12.0. The van der Waals surface area contributed by atoms with Crippen LogP contribution in [-0.4, -0.2) is 27.1 Å². The van der Waals surface area contributed by atoms with Crippen molar-refractivity contribution in [3.05, 3.63) is 29.8 Å². The van der Waals surface area contributed by atoms with Gasteiger partial charge in [-0.1, -0.05) is 12.1 Å². The van der Waals surface area contributed by atoms with E-state index in [1.165, 1.54) is 0 Å². The van der Waals surface area contributed by atoms with Crippen LogP contribution in [0.3, 0.4) is 0 Å². The molecule has 0 bridgehead atoms. The van der Waals surface area contributed by atoms with Gasteiger partial charge in [-0.2, -0.15) is 21.6 Å². The first-order valence-electron chi connectivity index (χ1n) is 5.93. The molecule has 0 radical (unpaired) electrons. The summed E-state index contributed by atoms with van der Waals surface area (Å²) in [4.78, 5) is 0. The van der Waals surface area contributed by atoms with Crippen molar-refractivity contribution in [2.45, 2.75) is 25.3 Å². The van der Waals surface area contributed by atoms with Crippen LogP contribution < -0.4 is 4.74 Å². The Bertz CT molecular complexity index is 508. The van der Waals surface area contributed by atoms with E-state index in [0.717, 1.165) is 5.56 Å². The predicted octanol–water partition coefficient (Wildman–Crippen LogP) is 2.88. The molecule has 0 unspecified atom stereocenters. The van der Waals surface area contributed by atoms with Crippen LogP contribution in [0.5, 0.6) is 5.75 Å². The lowest BCUT2D eigenvalue weighted by Gasteiger charge is -2.08.